The highest BCUT2D eigenvalue weighted by Gasteiger charge is 2.26. The van der Waals surface area contributed by atoms with Gasteiger partial charge in [-0.3, -0.25) is 4.90 Å². The van der Waals surface area contributed by atoms with Crippen molar-refractivity contribution in [3.05, 3.63) is 23.4 Å². The van der Waals surface area contributed by atoms with Gasteiger partial charge in [-0.2, -0.15) is 0 Å². The van der Waals surface area contributed by atoms with Crippen molar-refractivity contribution in [3.63, 3.8) is 0 Å². The average molecular weight is 248 g/mol. The second kappa shape index (κ2) is 6.19. The molecule has 0 bridgehead atoms. The van der Waals surface area contributed by atoms with Crippen LogP contribution in [-0.2, 0) is 0 Å². The zero-order valence-electron chi connectivity index (χ0n) is 11.8. The predicted molar refractivity (Wildman–Crippen MR) is 74.0 cm³/mol. The van der Waals surface area contributed by atoms with Gasteiger partial charge in [-0.1, -0.05) is 19.4 Å². The van der Waals surface area contributed by atoms with Gasteiger partial charge in [0.25, 0.3) is 0 Å². The number of ether oxygens (including phenoxy) is 1. The van der Waals surface area contributed by atoms with E-state index in [0.717, 1.165) is 5.69 Å². The van der Waals surface area contributed by atoms with Crippen LogP contribution >= 0.6 is 0 Å². The fourth-order valence-electron chi connectivity index (χ4n) is 2.82. The van der Waals surface area contributed by atoms with E-state index in [1.165, 1.54) is 44.3 Å². The summed E-state index contributed by atoms with van der Waals surface area (Å²) < 4.78 is 5.18. The van der Waals surface area contributed by atoms with Crippen molar-refractivity contribution in [2.24, 2.45) is 0 Å². The molecule has 2 rings (SSSR count). The minimum Gasteiger partial charge on any atom is -0.481 e. The lowest BCUT2D eigenvalue weighted by Crippen LogP contribution is -2.25. The first-order valence-electron chi connectivity index (χ1n) is 7.01. The monoisotopic (exact) mass is 248 g/mol. The molecule has 1 aliphatic heterocycles. The molecule has 1 aromatic rings. The average Bonchev–Trinajstić information content (AvgIpc) is 2.84. The standard InChI is InChI=1S/C15H24N2O/c1-4-5-10-17-11-6-7-14(17)13-8-9-15(18-3)16-12(13)2/h8-9,14H,4-7,10-11H2,1-3H3. The van der Waals surface area contributed by atoms with Crippen LogP contribution in [-0.4, -0.2) is 30.1 Å². The van der Waals surface area contributed by atoms with Crippen molar-refractivity contribution in [2.45, 2.75) is 45.6 Å². The van der Waals surface area contributed by atoms with Crippen molar-refractivity contribution in [1.29, 1.82) is 0 Å². The van der Waals surface area contributed by atoms with E-state index in [1.807, 2.05) is 6.07 Å². The molecule has 0 spiro atoms. The molecule has 1 aromatic heterocycles. The number of likely N-dealkylation sites (tertiary alicyclic amines) is 1. The first-order chi connectivity index (χ1) is 8.76. The Morgan fingerprint density at radius 3 is 2.94 bits per heavy atom. The fraction of sp³-hybridized carbons (Fsp3) is 0.667. The molecule has 0 aromatic carbocycles. The van der Waals surface area contributed by atoms with Crippen LogP contribution < -0.4 is 4.74 Å². The first-order valence-corrected chi connectivity index (χ1v) is 7.01. The highest BCUT2D eigenvalue weighted by Crippen LogP contribution is 2.33. The number of unbranched alkanes of at least 4 members (excludes halogenated alkanes) is 1. The maximum absolute atomic E-state index is 5.18. The maximum Gasteiger partial charge on any atom is 0.213 e. The number of pyridine rings is 1. The van der Waals surface area contributed by atoms with Crippen molar-refractivity contribution in [1.82, 2.24) is 9.88 Å². The molecular weight excluding hydrogens is 224 g/mol. The lowest BCUT2D eigenvalue weighted by molar-refractivity contribution is 0.252. The number of hydrogen-bond acceptors (Lipinski definition) is 3. The van der Waals surface area contributed by atoms with E-state index in [0.29, 0.717) is 11.9 Å². The van der Waals surface area contributed by atoms with Crippen LogP contribution in [0.25, 0.3) is 0 Å². The van der Waals surface area contributed by atoms with Gasteiger partial charge in [0.15, 0.2) is 0 Å². The van der Waals surface area contributed by atoms with Crippen molar-refractivity contribution < 1.29 is 4.74 Å². The zero-order valence-corrected chi connectivity index (χ0v) is 11.8. The number of methoxy groups -OCH3 is 1. The highest BCUT2D eigenvalue weighted by atomic mass is 16.5. The SMILES string of the molecule is CCCCN1CCCC1c1ccc(OC)nc1C. The van der Waals surface area contributed by atoms with Crippen LogP contribution in [0.3, 0.4) is 0 Å². The van der Waals surface area contributed by atoms with Crippen molar-refractivity contribution in [3.8, 4) is 5.88 Å². The molecule has 0 aliphatic carbocycles. The van der Waals surface area contributed by atoms with E-state index in [4.69, 9.17) is 4.74 Å². The third kappa shape index (κ3) is 2.83. The molecule has 1 fully saturated rings. The fourth-order valence-corrected chi connectivity index (χ4v) is 2.82. The van der Waals surface area contributed by atoms with Gasteiger partial charge in [0.2, 0.25) is 5.88 Å². The molecule has 0 N–H and O–H groups in total. The molecule has 3 nitrogen and oxygen atoms in total. The quantitative estimate of drug-likeness (QED) is 0.799. The highest BCUT2D eigenvalue weighted by molar-refractivity contribution is 5.28. The molecule has 1 atom stereocenters. The van der Waals surface area contributed by atoms with Gasteiger partial charge in [-0.15, -0.1) is 0 Å². The second-order valence-electron chi connectivity index (χ2n) is 5.08. The third-order valence-electron chi connectivity index (χ3n) is 3.83. The van der Waals surface area contributed by atoms with E-state index in [1.54, 1.807) is 7.11 Å². The Hall–Kier alpha value is -1.09. The normalized spacial score (nSPS) is 20.3. The van der Waals surface area contributed by atoms with Gasteiger partial charge in [-0.05, 0) is 44.8 Å². The number of rotatable bonds is 5. The zero-order chi connectivity index (χ0) is 13.0. The van der Waals surface area contributed by atoms with Crippen LogP contribution in [0.1, 0.15) is 49.9 Å². The Kier molecular flexibility index (Phi) is 4.59. The van der Waals surface area contributed by atoms with Gasteiger partial charge in [0.1, 0.15) is 0 Å². The Morgan fingerprint density at radius 1 is 1.44 bits per heavy atom. The summed E-state index contributed by atoms with van der Waals surface area (Å²) in [5, 5.41) is 0. The largest absolute Gasteiger partial charge is 0.481 e. The summed E-state index contributed by atoms with van der Waals surface area (Å²) in [5.41, 5.74) is 2.49. The number of aromatic nitrogens is 1. The summed E-state index contributed by atoms with van der Waals surface area (Å²) in [7, 11) is 1.67. The van der Waals surface area contributed by atoms with Crippen LogP contribution in [0.15, 0.2) is 12.1 Å². The second-order valence-corrected chi connectivity index (χ2v) is 5.08. The van der Waals surface area contributed by atoms with E-state index < -0.39 is 0 Å². The van der Waals surface area contributed by atoms with E-state index in [9.17, 15) is 0 Å². The van der Waals surface area contributed by atoms with Crippen LogP contribution in [0.5, 0.6) is 5.88 Å². The molecular formula is C15H24N2O. The van der Waals surface area contributed by atoms with E-state index >= 15 is 0 Å². The molecule has 0 amide bonds. The molecule has 18 heavy (non-hydrogen) atoms. The molecule has 2 heterocycles. The van der Waals surface area contributed by atoms with Gasteiger partial charge in [0, 0.05) is 17.8 Å². The summed E-state index contributed by atoms with van der Waals surface area (Å²) >= 11 is 0. The number of nitrogens with zero attached hydrogens (tertiary/aromatic N) is 2. The Labute approximate surface area is 110 Å². The van der Waals surface area contributed by atoms with E-state index in [-0.39, 0.29) is 0 Å². The molecule has 100 valence electrons. The lowest BCUT2D eigenvalue weighted by atomic mass is 10.0. The summed E-state index contributed by atoms with van der Waals surface area (Å²) in [6.07, 6.45) is 5.13. The Morgan fingerprint density at radius 2 is 2.28 bits per heavy atom. The summed E-state index contributed by atoms with van der Waals surface area (Å²) in [6.45, 7) is 6.79. The van der Waals surface area contributed by atoms with Gasteiger partial charge in [-0.25, -0.2) is 4.98 Å². The molecule has 0 radical (unpaired) electrons. The Bertz CT molecular complexity index is 392. The molecule has 3 heteroatoms. The molecule has 1 aliphatic rings. The van der Waals surface area contributed by atoms with E-state index in [2.05, 4.69) is 29.8 Å². The number of aryl methyl sites for hydroxylation is 1. The summed E-state index contributed by atoms with van der Waals surface area (Å²) in [4.78, 5) is 7.11. The maximum atomic E-state index is 5.18. The van der Waals surface area contributed by atoms with Crippen LogP contribution in [0, 0.1) is 6.92 Å². The van der Waals surface area contributed by atoms with Gasteiger partial charge >= 0.3 is 0 Å². The molecule has 1 saturated heterocycles. The smallest absolute Gasteiger partial charge is 0.213 e. The number of hydrogen-bond donors (Lipinski definition) is 0. The van der Waals surface area contributed by atoms with Crippen LogP contribution in [0.4, 0.5) is 0 Å². The third-order valence-corrected chi connectivity index (χ3v) is 3.83. The van der Waals surface area contributed by atoms with Crippen molar-refractivity contribution >= 4 is 0 Å². The summed E-state index contributed by atoms with van der Waals surface area (Å²) in [5.74, 6) is 0.717. The lowest BCUT2D eigenvalue weighted by Gasteiger charge is -2.25. The predicted octanol–water partition coefficient (Wildman–Crippen LogP) is 3.34. The minimum absolute atomic E-state index is 0.565. The molecule has 1 unspecified atom stereocenters. The van der Waals surface area contributed by atoms with Gasteiger partial charge < -0.3 is 4.74 Å². The molecule has 0 saturated carbocycles. The van der Waals surface area contributed by atoms with Gasteiger partial charge in [0.05, 0.1) is 7.11 Å². The van der Waals surface area contributed by atoms with Crippen LogP contribution in [0.2, 0.25) is 0 Å². The van der Waals surface area contributed by atoms with Crippen molar-refractivity contribution in [2.75, 3.05) is 20.2 Å². The minimum atomic E-state index is 0.565. The Balaban J connectivity index is 2.14. The summed E-state index contributed by atoms with van der Waals surface area (Å²) in [6, 6.07) is 4.74. The first kappa shape index (κ1) is 13.3. The topological polar surface area (TPSA) is 25.4 Å².